The van der Waals surface area contributed by atoms with E-state index in [0.29, 0.717) is 0 Å². The number of halogens is 2. The van der Waals surface area contributed by atoms with Gasteiger partial charge in [0.15, 0.2) is 0 Å². The van der Waals surface area contributed by atoms with E-state index >= 15 is 0 Å². The fraction of sp³-hybridized carbons (Fsp3) is 0.455. The average molecular weight is 312 g/mol. The topological polar surface area (TPSA) is 66.8 Å². The molecule has 1 rings (SSSR count). The fourth-order valence-electron chi connectivity index (χ4n) is 1.44. The number of benzene rings is 1. The summed E-state index contributed by atoms with van der Waals surface area (Å²) in [6, 6.07) is 3.17. The normalized spacial score (nSPS) is 12.1. The second kappa shape index (κ2) is 7.16. The molecule has 0 unspecified atom stereocenters. The van der Waals surface area contributed by atoms with Crippen molar-refractivity contribution >= 4 is 21.6 Å². The van der Waals surface area contributed by atoms with E-state index < -0.39 is 15.8 Å². The molecular weight excluding hydrogens is 297 g/mol. The zero-order valence-electron chi connectivity index (χ0n) is 10.3. The summed E-state index contributed by atoms with van der Waals surface area (Å²) in [5.41, 5.74) is 0. The molecule has 1 N–H and O–H groups in total. The van der Waals surface area contributed by atoms with E-state index in [4.69, 9.17) is 21.4 Å². The molecule has 0 amide bonds. The minimum absolute atomic E-state index is 0.0688. The molecule has 19 heavy (non-hydrogen) atoms. The zero-order chi connectivity index (χ0) is 14.5. The van der Waals surface area contributed by atoms with Crippen LogP contribution in [0.3, 0.4) is 0 Å². The fourth-order valence-corrected chi connectivity index (χ4v) is 3.13. The van der Waals surface area contributed by atoms with Gasteiger partial charge in [0.25, 0.3) is 0 Å². The molecule has 0 spiro atoms. The minimum Gasteiger partial charge on any atom is -0.395 e. The Labute approximate surface area is 116 Å². The van der Waals surface area contributed by atoms with Gasteiger partial charge in [0.05, 0.1) is 23.1 Å². The van der Waals surface area contributed by atoms with Gasteiger partial charge in [0.2, 0.25) is 10.0 Å². The molecule has 0 aromatic heterocycles. The molecule has 0 aliphatic rings. The number of sulfonamides is 1. The Bertz CT molecular complexity index is 523. The van der Waals surface area contributed by atoms with Crippen molar-refractivity contribution in [3.63, 3.8) is 0 Å². The van der Waals surface area contributed by atoms with Gasteiger partial charge in [-0.05, 0) is 18.2 Å². The highest BCUT2D eigenvalue weighted by Gasteiger charge is 2.24. The van der Waals surface area contributed by atoms with Gasteiger partial charge in [0.1, 0.15) is 5.82 Å². The third kappa shape index (κ3) is 4.12. The Morgan fingerprint density at radius 2 is 2.11 bits per heavy atom. The molecule has 108 valence electrons. The highest BCUT2D eigenvalue weighted by molar-refractivity contribution is 7.89. The summed E-state index contributed by atoms with van der Waals surface area (Å²) in [7, 11) is -2.39. The molecule has 0 aliphatic carbocycles. The first-order valence-electron chi connectivity index (χ1n) is 5.48. The van der Waals surface area contributed by atoms with Crippen molar-refractivity contribution in [1.29, 1.82) is 0 Å². The van der Waals surface area contributed by atoms with Crippen LogP contribution in [0.15, 0.2) is 23.1 Å². The molecule has 0 heterocycles. The third-order valence-corrected chi connectivity index (χ3v) is 4.61. The molecule has 0 atom stereocenters. The van der Waals surface area contributed by atoms with Crippen LogP contribution in [0.2, 0.25) is 5.02 Å². The van der Waals surface area contributed by atoms with Crippen LogP contribution in [-0.4, -0.2) is 51.2 Å². The smallest absolute Gasteiger partial charge is 0.243 e. The second-order valence-electron chi connectivity index (χ2n) is 3.70. The summed E-state index contributed by atoms with van der Waals surface area (Å²) < 4.78 is 43.5. The van der Waals surface area contributed by atoms with E-state index in [1.165, 1.54) is 7.11 Å². The number of aliphatic hydroxyl groups excluding tert-OH is 1. The van der Waals surface area contributed by atoms with Crippen molar-refractivity contribution < 1.29 is 22.7 Å². The molecule has 0 aliphatic heterocycles. The molecule has 0 bridgehead atoms. The number of aliphatic hydroxyl groups is 1. The number of methoxy groups -OCH3 is 1. The standard InChI is InChI=1S/C11H15ClFNO4S/c1-18-7-5-14(4-6-15)19(16,17)9-2-3-11(13)10(12)8-9/h2-3,8,15H,4-7H2,1H3. The van der Waals surface area contributed by atoms with E-state index in [2.05, 4.69) is 0 Å². The monoisotopic (exact) mass is 311 g/mol. The predicted octanol–water partition coefficient (Wildman–Crippen LogP) is 1.11. The summed E-state index contributed by atoms with van der Waals surface area (Å²) in [6.45, 7) is -0.110. The lowest BCUT2D eigenvalue weighted by Crippen LogP contribution is -2.36. The van der Waals surface area contributed by atoms with Crippen molar-refractivity contribution in [2.45, 2.75) is 4.90 Å². The van der Waals surface area contributed by atoms with E-state index in [-0.39, 0.29) is 36.2 Å². The van der Waals surface area contributed by atoms with Gasteiger partial charge in [-0.1, -0.05) is 11.6 Å². The maximum absolute atomic E-state index is 13.0. The maximum atomic E-state index is 13.0. The number of ether oxygens (including phenoxy) is 1. The quantitative estimate of drug-likeness (QED) is 0.819. The molecule has 5 nitrogen and oxygen atoms in total. The van der Waals surface area contributed by atoms with Gasteiger partial charge in [0, 0.05) is 20.2 Å². The predicted molar refractivity (Wildman–Crippen MR) is 69.1 cm³/mol. The van der Waals surface area contributed by atoms with Gasteiger partial charge in [-0.25, -0.2) is 12.8 Å². The molecular formula is C11H15ClFNO4S. The van der Waals surface area contributed by atoms with E-state index in [0.717, 1.165) is 22.5 Å². The number of nitrogens with zero attached hydrogens (tertiary/aromatic N) is 1. The van der Waals surface area contributed by atoms with Crippen molar-refractivity contribution in [1.82, 2.24) is 4.31 Å². The average Bonchev–Trinajstić information content (AvgIpc) is 2.37. The summed E-state index contributed by atoms with van der Waals surface area (Å²) >= 11 is 5.57. The van der Waals surface area contributed by atoms with Gasteiger partial charge in [-0.3, -0.25) is 0 Å². The van der Waals surface area contributed by atoms with Gasteiger partial charge >= 0.3 is 0 Å². The molecule has 1 aromatic rings. The number of hydrogen-bond donors (Lipinski definition) is 1. The first-order valence-corrected chi connectivity index (χ1v) is 7.30. The minimum atomic E-state index is -3.83. The summed E-state index contributed by atoms with van der Waals surface area (Å²) in [5, 5.41) is 8.65. The van der Waals surface area contributed by atoms with Gasteiger partial charge in [-0.15, -0.1) is 0 Å². The lowest BCUT2D eigenvalue weighted by Gasteiger charge is -2.21. The molecule has 8 heteroatoms. The van der Waals surface area contributed by atoms with Crippen molar-refractivity contribution in [2.24, 2.45) is 0 Å². The van der Waals surface area contributed by atoms with Crippen molar-refractivity contribution in [3.05, 3.63) is 29.0 Å². The van der Waals surface area contributed by atoms with Gasteiger partial charge < -0.3 is 9.84 Å². The van der Waals surface area contributed by atoms with Gasteiger partial charge in [-0.2, -0.15) is 4.31 Å². The largest absolute Gasteiger partial charge is 0.395 e. The summed E-state index contributed by atoms with van der Waals surface area (Å²) in [5.74, 6) is -0.689. The lowest BCUT2D eigenvalue weighted by molar-refractivity contribution is 0.168. The Morgan fingerprint density at radius 1 is 1.42 bits per heavy atom. The van der Waals surface area contributed by atoms with Crippen LogP contribution in [0, 0.1) is 5.82 Å². The zero-order valence-corrected chi connectivity index (χ0v) is 11.9. The molecule has 0 fully saturated rings. The second-order valence-corrected chi connectivity index (χ2v) is 6.04. The molecule has 0 saturated carbocycles. The van der Waals surface area contributed by atoms with E-state index in [1.54, 1.807) is 0 Å². The van der Waals surface area contributed by atoms with E-state index in [9.17, 15) is 12.8 Å². The Kier molecular flexibility index (Phi) is 6.15. The molecule has 1 aromatic carbocycles. The first kappa shape index (κ1) is 16.3. The molecule has 0 radical (unpaired) electrons. The highest BCUT2D eigenvalue weighted by Crippen LogP contribution is 2.22. The van der Waals surface area contributed by atoms with Crippen LogP contribution in [0.5, 0.6) is 0 Å². The van der Waals surface area contributed by atoms with Crippen LogP contribution in [0.25, 0.3) is 0 Å². The third-order valence-electron chi connectivity index (χ3n) is 2.42. The first-order chi connectivity index (χ1) is 8.93. The highest BCUT2D eigenvalue weighted by atomic mass is 35.5. The van der Waals surface area contributed by atoms with Crippen LogP contribution < -0.4 is 0 Å². The SMILES string of the molecule is COCCN(CCO)S(=O)(=O)c1ccc(F)c(Cl)c1. The Morgan fingerprint density at radius 3 is 2.63 bits per heavy atom. The van der Waals surface area contributed by atoms with Crippen LogP contribution in [0.1, 0.15) is 0 Å². The molecule has 0 saturated heterocycles. The Hall–Kier alpha value is -0.730. The summed E-state index contributed by atoms with van der Waals surface area (Å²) in [6.07, 6.45) is 0. The summed E-state index contributed by atoms with van der Waals surface area (Å²) in [4.78, 5) is -0.122. The lowest BCUT2D eigenvalue weighted by atomic mass is 10.3. The van der Waals surface area contributed by atoms with Crippen molar-refractivity contribution in [2.75, 3.05) is 33.4 Å². The van der Waals surface area contributed by atoms with Crippen LogP contribution >= 0.6 is 11.6 Å². The van der Waals surface area contributed by atoms with Crippen molar-refractivity contribution in [3.8, 4) is 0 Å². The maximum Gasteiger partial charge on any atom is 0.243 e. The number of hydrogen-bond acceptors (Lipinski definition) is 4. The van der Waals surface area contributed by atoms with Crippen LogP contribution in [0.4, 0.5) is 4.39 Å². The van der Waals surface area contributed by atoms with Crippen LogP contribution in [-0.2, 0) is 14.8 Å². The number of rotatable bonds is 7. The Balaban J connectivity index is 3.07. The van der Waals surface area contributed by atoms with E-state index in [1.807, 2.05) is 0 Å².